The Morgan fingerprint density at radius 3 is 2.77 bits per heavy atom. The van der Waals surface area contributed by atoms with Gasteiger partial charge in [0.15, 0.2) is 5.44 Å². The van der Waals surface area contributed by atoms with Crippen LogP contribution in [0.15, 0.2) is 41.8 Å². The molecule has 0 N–H and O–H groups in total. The van der Waals surface area contributed by atoms with Gasteiger partial charge in [0, 0.05) is 6.42 Å². The fourth-order valence-corrected chi connectivity index (χ4v) is 1.81. The molecule has 1 nitrogen and oxygen atoms in total. The summed E-state index contributed by atoms with van der Waals surface area (Å²) >= 11 is 1.68. The molecule has 2 heteroatoms. The highest BCUT2D eigenvalue weighted by Crippen LogP contribution is 2.32. The van der Waals surface area contributed by atoms with Crippen molar-refractivity contribution in [1.29, 1.82) is 0 Å². The van der Waals surface area contributed by atoms with Crippen molar-refractivity contribution < 1.29 is 4.74 Å². The minimum Gasteiger partial charge on any atom is -0.355 e. The van der Waals surface area contributed by atoms with E-state index in [1.54, 1.807) is 11.8 Å². The van der Waals surface area contributed by atoms with Crippen molar-refractivity contribution in [3.8, 4) is 0 Å². The Balaban J connectivity index is 1.80. The summed E-state index contributed by atoms with van der Waals surface area (Å²) in [7, 11) is 0. The zero-order valence-corrected chi connectivity index (χ0v) is 8.09. The van der Waals surface area contributed by atoms with Gasteiger partial charge in [-0.1, -0.05) is 48.2 Å². The van der Waals surface area contributed by atoms with Gasteiger partial charge in [-0.3, -0.25) is 0 Å². The highest BCUT2D eigenvalue weighted by molar-refractivity contribution is 8.04. The van der Waals surface area contributed by atoms with Crippen LogP contribution in [0.25, 0.3) is 0 Å². The molecule has 0 amide bonds. The summed E-state index contributed by atoms with van der Waals surface area (Å²) in [5.41, 5.74) is 2.33. The normalized spacial score (nSPS) is 16.6. The topological polar surface area (TPSA) is 9.23 Å². The molecule has 0 saturated carbocycles. The van der Waals surface area contributed by atoms with Gasteiger partial charge >= 0.3 is 0 Å². The van der Waals surface area contributed by atoms with E-state index in [1.165, 1.54) is 5.56 Å². The second-order valence-electron chi connectivity index (χ2n) is 2.84. The molecule has 1 aromatic rings. The van der Waals surface area contributed by atoms with Crippen LogP contribution in [-0.2, 0) is 11.3 Å². The van der Waals surface area contributed by atoms with Gasteiger partial charge in [-0.05, 0) is 11.0 Å². The lowest BCUT2D eigenvalue weighted by Gasteiger charge is -2.08. The van der Waals surface area contributed by atoms with Crippen LogP contribution in [0.3, 0.4) is 0 Å². The van der Waals surface area contributed by atoms with Crippen LogP contribution in [0.2, 0.25) is 0 Å². The van der Waals surface area contributed by atoms with Gasteiger partial charge < -0.3 is 4.74 Å². The monoisotopic (exact) mass is 191 g/mol. The largest absolute Gasteiger partial charge is 0.355 e. The molecule has 1 aromatic carbocycles. The lowest BCUT2D eigenvalue weighted by atomic mass is 10.2. The quantitative estimate of drug-likeness (QED) is 0.724. The third-order valence-electron chi connectivity index (χ3n) is 1.82. The summed E-state index contributed by atoms with van der Waals surface area (Å²) in [6.07, 6.45) is 3.07. The molecular weight excluding hydrogens is 180 g/mol. The number of rotatable bonds is 3. The van der Waals surface area contributed by atoms with Crippen molar-refractivity contribution in [3.63, 3.8) is 0 Å². The predicted octanol–water partition coefficient (Wildman–Crippen LogP) is 3.34. The molecule has 0 spiro atoms. The van der Waals surface area contributed by atoms with E-state index in [0.29, 0.717) is 6.61 Å². The molecule has 0 aromatic heterocycles. The maximum atomic E-state index is 5.61. The van der Waals surface area contributed by atoms with Crippen LogP contribution in [0, 0.1) is 5.44 Å². The second kappa shape index (κ2) is 4.49. The van der Waals surface area contributed by atoms with Crippen molar-refractivity contribution >= 4 is 11.8 Å². The Kier molecular flexibility index (Phi) is 3.06. The van der Waals surface area contributed by atoms with Crippen LogP contribution in [-0.4, -0.2) is 0 Å². The molecule has 67 valence electrons. The third-order valence-corrected chi connectivity index (χ3v) is 2.70. The van der Waals surface area contributed by atoms with Gasteiger partial charge in [0.1, 0.15) is 0 Å². The van der Waals surface area contributed by atoms with Crippen molar-refractivity contribution in [1.82, 2.24) is 0 Å². The fraction of sp³-hybridized carbons (Fsp3) is 0.182. The average Bonchev–Trinajstić information content (AvgIpc) is 2.69. The molecule has 0 unspecified atom stereocenters. The second-order valence-corrected chi connectivity index (χ2v) is 3.80. The Morgan fingerprint density at radius 2 is 2.08 bits per heavy atom. The highest BCUT2D eigenvalue weighted by atomic mass is 32.2. The molecule has 1 aliphatic rings. The Morgan fingerprint density at radius 1 is 1.23 bits per heavy atom. The summed E-state index contributed by atoms with van der Waals surface area (Å²) in [4.78, 5) is 0. The Labute approximate surface area is 82.8 Å². The van der Waals surface area contributed by atoms with Gasteiger partial charge in [-0.25, -0.2) is 0 Å². The summed E-state index contributed by atoms with van der Waals surface area (Å²) in [5.74, 6) is 0. The highest BCUT2D eigenvalue weighted by Gasteiger charge is 2.12. The maximum Gasteiger partial charge on any atom is 0.160 e. The summed E-state index contributed by atoms with van der Waals surface area (Å²) in [5, 5.41) is 2.07. The molecule has 0 saturated heterocycles. The zero-order valence-electron chi connectivity index (χ0n) is 7.27. The molecule has 2 rings (SSSR count). The maximum absolute atomic E-state index is 5.61. The van der Waals surface area contributed by atoms with Gasteiger partial charge in [0.25, 0.3) is 0 Å². The average molecular weight is 191 g/mol. The molecule has 0 bridgehead atoms. The summed E-state index contributed by atoms with van der Waals surface area (Å²) in [6, 6.07) is 10.2. The van der Waals surface area contributed by atoms with Gasteiger partial charge in [0.05, 0.1) is 6.61 Å². The van der Waals surface area contributed by atoms with Crippen molar-refractivity contribution in [2.75, 3.05) is 0 Å². The van der Waals surface area contributed by atoms with Crippen LogP contribution < -0.4 is 0 Å². The smallest absolute Gasteiger partial charge is 0.160 e. The molecule has 1 aliphatic heterocycles. The lowest BCUT2D eigenvalue weighted by Crippen LogP contribution is -1.95. The molecule has 0 atom stereocenters. The minimum atomic E-state index is 0.685. The Hall–Kier alpha value is -0.730. The third kappa shape index (κ3) is 2.61. The number of ether oxygens (including phenoxy) is 1. The number of benzene rings is 1. The lowest BCUT2D eigenvalue weighted by molar-refractivity contribution is 0.170. The first kappa shape index (κ1) is 8.85. The van der Waals surface area contributed by atoms with E-state index in [4.69, 9.17) is 4.74 Å². The molecule has 13 heavy (non-hydrogen) atoms. The van der Waals surface area contributed by atoms with Gasteiger partial charge in [-0.2, -0.15) is 0 Å². The first-order valence-corrected chi connectivity index (χ1v) is 5.17. The van der Waals surface area contributed by atoms with Crippen molar-refractivity contribution in [2.24, 2.45) is 0 Å². The van der Waals surface area contributed by atoms with E-state index >= 15 is 0 Å². The van der Waals surface area contributed by atoms with Crippen LogP contribution in [0.4, 0.5) is 0 Å². The van der Waals surface area contributed by atoms with E-state index in [0.717, 1.165) is 11.9 Å². The molecular formula is C11H11OS. The van der Waals surface area contributed by atoms with Crippen molar-refractivity contribution in [3.05, 3.63) is 52.8 Å². The fourth-order valence-electron chi connectivity index (χ4n) is 1.15. The predicted molar refractivity (Wildman–Crippen MR) is 55.8 cm³/mol. The molecule has 1 heterocycles. The minimum absolute atomic E-state index is 0.685. The van der Waals surface area contributed by atoms with Crippen LogP contribution in [0.5, 0.6) is 0 Å². The summed E-state index contributed by atoms with van der Waals surface area (Å²) < 4.78 is 5.61. The van der Waals surface area contributed by atoms with Gasteiger partial charge in [0.2, 0.25) is 0 Å². The van der Waals surface area contributed by atoms with Crippen LogP contribution >= 0.6 is 11.8 Å². The van der Waals surface area contributed by atoms with E-state index in [9.17, 15) is 0 Å². The first-order chi connectivity index (χ1) is 6.45. The standard InChI is InChI=1S/C11H11OS/c1-2-5-10(6-3-1)9-12-11-7-4-8-13-11/h1-6,8H,7,9H2. The molecule has 0 aliphatic carbocycles. The number of hydrogen-bond donors (Lipinski definition) is 0. The van der Waals surface area contributed by atoms with E-state index in [2.05, 4.69) is 23.6 Å². The SMILES string of the molecule is C1=CS[C](OCc2ccccc2)C1. The molecule has 0 fully saturated rings. The summed E-state index contributed by atoms with van der Waals surface area (Å²) in [6.45, 7) is 0.685. The van der Waals surface area contributed by atoms with E-state index < -0.39 is 0 Å². The van der Waals surface area contributed by atoms with E-state index in [-0.39, 0.29) is 0 Å². The van der Waals surface area contributed by atoms with Gasteiger partial charge in [-0.15, -0.1) is 0 Å². The van der Waals surface area contributed by atoms with Crippen molar-refractivity contribution in [2.45, 2.75) is 13.0 Å². The number of hydrogen-bond acceptors (Lipinski definition) is 2. The Bertz CT molecular complexity index is 273. The number of thioether (sulfide) groups is 1. The molecule has 1 radical (unpaired) electrons. The van der Waals surface area contributed by atoms with Crippen LogP contribution in [0.1, 0.15) is 12.0 Å². The zero-order chi connectivity index (χ0) is 8.93. The van der Waals surface area contributed by atoms with E-state index in [1.807, 2.05) is 18.2 Å². The first-order valence-electron chi connectivity index (χ1n) is 4.29.